The van der Waals surface area contributed by atoms with Gasteiger partial charge in [0.05, 0.1) is 12.7 Å². The molecule has 8 nitrogen and oxygen atoms in total. The van der Waals surface area contributed by atoms with Gasteiger partial charge in [0.15, 0.2) is 0 Å². The number of aryl methyl sites for hydroxylation is 1. The standard InChI is InChI=1S/C23H23NO7S/c1-15-5-7-18-17(13-22(25)31-20(18)11-15)14-30-23(26)16-6-8-19(29-2)21(12-16)32(27,28)24-9-3-4-10-24/h5-8,11-13H,3-4,9-10,14H2,1-2H3. The molecule has 1 aliphatic heterocycles. The van der Waals surface area contributed by atoms with Crippen LogP contribution in [0.1, 0.15) is 34.3 Å². The molecule has 1 fully saturated rings. The molecule has 3 aromatic rings. The van der Waals surface area contributed by atoms with Crippen LogP contribution >= 0.6 is 0 Å². The Balaban J connectivity index is 1.61. The molecule has 0 radical (unpaired) electrons. The van der Waals surface area contributed by atoms with Crippen molar-refractivity contribution in [2.45, 2.75) is 31.3 Å². The summed E-state index contributed by atoms with van der Waals surface area (Å²) in [5, 5.41) is 0.662. The Hall–Kier alpha value is -3.17. The van der Waals surface area contributed by atoms with Gasteiger partial charge in [0.25, 0.3) is 0 Å². The van der Waals surface area contributed by atoms with Crippen molar-refractivity contribution in [1.82, 2.24) is 4.31 Å². The maximum absolute atomic E-state index is 13.0. The summed E-state index contributed by atoms with van der Waals surface area (Å²) in [5.74, 6) is -0.547. The molecule has 2 aromatic carbocycles. The highest BCUT2D eigenvalue weighted by Gasteiger charge is 2.31. The van der Waals surface area contributed by atoms with Crippen LogP contribution in [0.25, 0.3) is 11.0 Å². The van der Waals surface area contributed by atoms with Crippen LogP contribution in [0.4, 0.5) is 0 Å². The van der Waals surface area contributed by atoms with E-state index < -0.39 is 21.6 Å². The zero-order chi connectivity index (χ0) is 22.9. The molecule has 0 N–H and O–H groups in total. The van der Waals surface area contributed by atoms with Crippen LogP contribution in [0.5, 0.6) is 5.75 Å². The van der Waals surface area contributed by atoms with Gasteiger partial charge in [-0.3, -0.25) is 0 Å². The highest BCUT2D eigenvalue weighted by molar-refractivity contribution is 7.89. The molecule has 168 valence electrons. The van der Waals surface area contributed by atoms with Gasteiger partial charge in [-0.25, -0.2) is 18.0 Å². The number of nitrogens with zero attached hydrogens (tertiary/aromatic N) is 1. The van der Waals surface area contributed by atoms with E-state index in [9.17, 15) is 18.0 Å². The van der Waals surface area contributed by atoms with Crippen LogP contribution in [0.2, 0.25) is 0 Å². The van der Waals surface area contributed by atoms with Crippen molar-refractivity contribution in [3.8, 4) is 5.75 Å². The number of esters is 1. The Morgan fingerprint density at radius 2 is 1.84 bits per heavy atom. The number of sulfonamides is 1. The van der Waals surface area contributed by atoms with Crippen molar-refractivity contribution in [2.75, 3.05) is 20.2 Å². The van der Waals surface area contributed by atoms with E-state index in [1.54, 1.807) is 12.1 Å². The lowest BCUT2D eigenvalue weighted by Crippen LogP contribution is -2.28. The first-order valence-electron chi connectivity index (χ1n) is 10.2. The van der Waals surface area contributed by atoms with Gasteiger partial charge in [-0.2, -0.15) is 4.31 Å². The van der Waals surface area contributed by atoms with Gasteiger partial charge >= 0.3 is 11.6 Å². The van der Waals surface area contributed by atoms with E-state index >= 15 is 0 Å². The zero-order valence-corrected chi connectivity index (χ0v) is 18.6. The molecule has 0 amide bonds. The molecule has 0 bridgehead atoms. The van der Waals surface area contributed by atoms with Crippen LogP contribution in [-0.2, 0) is 21.4 Å². The minimum absolute atomic E-state index is 0.0716. The third kappa shape index (κ3) is 4.26. The van der Waals surface area contributed by atoms with Crippen LogP contribution < -0.4 is 10.4 Å². The second-order valence-corrected chi connectivity index (χ2v) is 9.55. The van der Waals surface area contributed by atoms with Gasteiger partial charge in [0, 0.05) is 30.1 Å². The molecule has 1 aliphatic rings. The van der Waals surface area contributed by atoms with E-state index in [0.29, 0.717) is 29.6 Å². The third-order valence-electron chi connectivity index (χ3n) is 5.43. The SMILES string of the molecule is COc1ccc(C(=O)OCc2cc(=O)oc3cc(C)ccc23)cc1S(=O)(=O)N1CCCC1. The topological polar surface area (TPSA) is 103 Å². The lowest BCUT2D eigenvalue weighted by Gasteiger charge is -2.18. The Morgan fingerprint density at radius 3 is 2.56 bits per heavy atom. The maximum Gasteiger partial charge on any atom is 0.338 e. The maximum atomic E-state index is 13.0. The number of methoxy groups -OCH3 is 1. The van der Waals surface area contributed by atoms with Gasteiger partial charge < -0.3 is 13.9 Å². The summed E-state index contributed by atoms with van der Waals surface area (Å²) in [5.41, 5.74) is 1.37. The molecule has 0 atom stereocenters. The summed E-state index contributed by atoms with van der Waals surface area (Å²) in [6.45, 7) is 2.58. The Labute approximate surface area is 185 Å². The van der Waals surface area contributed by atoms with Crippen molar-refractivity contribution < 1.29 is 27.1 Å². The molecule has 0 aliphatic carbocycles. The van der Waals surface area contributed by atoms with Crippen LogP contribution in [0.15, 0.2) is 56.6 Å². The number of hydrogen-bond acceptors (Lipinski definition) is 7. The van der Waals surface area contributed by atoms with Crippen LogP contribution in [0.3, 0.4) is 0 Å². The van der Waals surface area contributed by atoms with Crippen LogP contribution in [0, 0.1) is 6.92 Å². The fourth-order valence-corrected chi connectivity index (χ4v) is 5.45. The first-order valence-corrected chi connectivity index (χ1v) is 11.6. The van der Waals surface area contributed by atoms with E-state index in [2.05, 4.69) is 0 Å². The second kappa shape index (κ2) is 8.76. The van der Waals surface area contributed by atoms with E-state index in [4.69, 9.17) is 13.9 Å². The number of hydrogen-bond donors (Lipinski definition) is 0. The first-order chi connectivity index (χ1) is 15.3. The Kier molecular flexibility index (Phi) is 6.03. The molecule has 32 heavy (non-hydrogen) atoms. The molecule has 2 heterocycles. The van der Waals surface area contributed by atoms with Gasteiger partial charge in [0.2, 0.25) is 10.0 Å². The number of ether oxygens (including phenoxy) is 2. The predicted octanol–water partition coefficient (Wildman–Crippen LogP) is 3.25. The average molecular weight is 458 g/mol. The van der Waals surface area contributed by atoms with E-state index in [-0.39, 0.29) is 22.8 Å². The number of carbonyl (C=O) groups excluding carboxylic acids is 1. The lowest BCUT2D eigenvalue weighted by molar-refractivity contribution is 0.0473. The van der Waals surface area contributed by atoms with Gasteiger partial charge in [-0.15, -0.1) is 0 Å². The molecule has 0 spiro atoms. The molecule has 0 unspecified atom stereocenters. The van der Waals surface area contributed by atoms with Crippen LogP contribution in [-0.4, -0.2) is 38.9 Å². The minimum atomic E-state index is -3.80. The van der Waals surface area contributed by atoms with Gasteiger partial charge in [-0.1, -0.05) is 12.1 Å². The highest BCUT2D eigenvalue weighted by Crippen LogP contribution is 2.30. The fraction of sp³-hybridized carbons (Fsp3) is 0.304. The van der Waals surface area contributed by atoms with Crippen molar-refractivity contribution in [1.29, 1.82) is 0 Å². The van der Waals surface area contributed by atoms with Crippen molar-refractivity contribution in [2.24, 2.45) is 0 Å². The zero-order valence-electron chi connectivity index (χ0n) is 17.8. The molecular formula is C23H23NO7S. The van der Waals surface area contributed by atoms with E-state index in [1.807, 2.05) is 13.0 Å². The fourth-order valence-electron chi connectivity index (χ4n) is 3.76. The first kappa shape index (κ1) is 22.0. The highest BCUT2D eigenvalue weighted by atomic mass is 32.2. The summed E-state index contributed by atoms with van der Waals surface area (Å²) in [7, 11) is -2.42. The minimum Gasteiger partial charge on any atom is -0.495 e. The smallest absolute Gasteiger partial charge is 0.338 e. The number of benzene rings is 2. The number of rotatable bonds is 6. The molecule has 1 saturated heterocycles. The second-order valence-electron chi connectivity index (χ2n) is 7.64. The summed E-state index contributed by atoms with van der Waals surface area (Å²) in [6, 6.07) is 10.8. The Morgan fingerprint density at radius 1 is 1.09 bits per heavy atom. The quantitative estimate of drug-likeness (QED) is 0.413. The molecular weight excluding hydrogens is 434 g/mol. The van der Waals surface area contributed by atoms with E-state index in [1.165, 1.54) is 35.7 Å². The van der Waals surface area contributed by atoms with Gasteiger partial charge in [0.1, 0.15) is 22.8 Å². The normalized spacial score (nSPS) is 14.6. The third-order valence-corrected chi connectivity index (χ3v) is 7.35. The summed E-state index contributed by atoms with van der Waals surface area (Å²) >= 11 is 0. The van der Waals surface area contributed by atoms with Gasteiger partial charge in [-0.05, 0) is 49.6 Å². The molecule has 0 saturated carbocycles. The van der Waals surface area contributed by atoms with E-state index in [0.717, 1.165) is 18.4 Å². The number of fused-ring (bicyclic) bond motifs is 1. The van der Waals surface area contributed by atoms with Crippen molar-refractivity contribution in [3.63, 3.8) is 0 Å². The Bertz CT molecular complexity index is 1340. The lowest BCUT2D eigenvalue weighted by atomic mass is 10.1. The molecule has 1 aromatic heterocycles. The molecule has 4 rings (SSSR count). The summed E-state index contributed by atoms with van der Waals surface area (Å²) < 4.78 is 43.3. The molecule has 9 heteroatoms. The van der Waals surface area contributed by atoms with Crippen molar-refractivity contribution in [3.05, 3.63) is 69.6 Å². The monoisotopic (exact) mass is 457 g/mol. The predicted molar refractivity (Wildman–Crippen MR) is 117 cm³/mol. The largest absolute Gasteiger partial charge is 0.495 e. The summed E-state index contributed by atoms with van der Waals surface area (Å²) in [4.78, 5) is 24.5. The summed E-state index contributed by atoms with van der Waals surface area (Å²) in [6.07, 6.45) is 1.59. The van der Waals surface area contributed by atoms with Crippen molar-refractivity contribution >= 4 is 27.0 Å². The number of carbonyl (C=O) groups is 1. The average Bonchev–Trinajstić information content (AvgIpc) is 3.32.